The van der Waals surface area contributed by atoms with Gasteiger partial charge in [-0.25, -0.2) is 17.9 Å². The average Bonchev–Trinajstić information content (AvgIpc) is 3.04. The number of methoxy groups -OCH3 is 1. The number of carboxylic acid groups (broad SMARTS) is 1. The lowest BCUT2D eigenvalue weighted by atomic mass is 9.72. The molecule has 252 valence electrons. The van der Waals surface area contributed by atoms with Crippen LogP contribution in [0.25, 0.3) is 0 Å². The van der Waals surface area contributed by atoms with Gasteiger partial charge in [0, 0.05) is 43.9 Å². The summed E-state index contributed by atoms with van der Waals surface area (Å²) in [5.74, 6) is -0.282. The average molecular weight is 678 g/mol. The molecule has 1 fully saturated rings. The lowest BCUT2D eigenvalue weighted by molar-refractivity contribution is -0.137. The van der Waals surface area contributed by atoms with Gasteiger partial charge in [0.15, 0.2) is 0 Å². The summed E-state index contributed by atoms with van der Waals surface area (Å²) >= 11 is 0. The molecule has 2 atom stereocenters. The van der Waals surface area contributed by atoms with E-state index in [4.69, 9.17) is 14.2 Å². The van der Waals surface area contributed by atoms with Crippen molar-refractivity contribution < 1.29 is 50.5 Å². The summed E-state index contributed by atoms with van der Waals surface area (Å²) < 4.78 is 84.8. The predicted molar refractivity (Wildman–Crippen MR) is 163 cm³/mol. The van der Waals surface area contributed by atoms with Crippen LogP contribution in [-0.4, -0.2) is 83.0 Å². The number of benzene rings is 3. The summed E-state index contributed by atoms with van der Waals surface area (Å²) in [7, 11) is -2.80. The number of rotatable bonds is 11. The van der Waals surface area contributed by atoms with Gasteiger partial charge in [-0.1, -0.05) is 36.4 Å². The monoisotopic (exact) mass is 677 g/mol. The van der Waals surface area contributed by atoms with E-state index in [0.717, 1.165) is 28.2 Å². The molecule has 0 aromatic heterocycles. The molecule has 15 heteroatoms. The van der Waals surface area contributed by atoms with Crippen molar-refractivity contribution in [3.8, 4) is 11.5 Å². The second kappa shape index (κ2) is 13.9. The minimum atomic E-state index is -4.65. The number of fused-ring (bicyclic) bond motifs is 2. The van der Waals surface area contributed by atoms with Crippen molar-refractivity contribution in [3.05, 3.63) is 89.5 Å². The van der Waals surface area contributed by atoms with Crippen LogP contribution in [-0.2, 0) is 35.9 Å². The molecule has 3 N–H and O–H groups in total. The molecule has 0 saturated carbocycles. The van der Waals surface area contributed by atoms with Gasteiger partial charge in [0.05, 0.1) is 41.6 Å². The Labute approximate surface area is 269 Å². The van der Waals surface area contributed by atoms with Gasteiger partial charge >= 0.3 is 12.3 Å². The number of amides is 2. The van der Waals surface area contributed by atoms with E-state index in [9.17, 15) is 36.3 Å². The van der Waals surface area contributed by atoms with Crippen molar-refractivity contribution >= 4 is 22.0 Å². The van der Waals surface area contributed by atoms with Crippen LogP contribution >= 0.6 is 0 Å². The number of alkyl halides is 3. The molecular formula is C32H34F3N3O8S. The second-order valence-corrected chi connectivity index (χ2v) is 13.1. The molecule has 11 nitrogen and oxygen atoms in total. The summed E-state index contributed by atoms with van der Waals surface area (Å²) in [6.45, 7) is 0.381. The first kappa shape index (κ1) is 34.2. The molecule has 47 heavy (non-hydrogen) atoms. The third kappa shape index (κ3) is 7.53. The first-order valence-corrected chi connectivity index (χ1v) is 16.2. The van der Waals surface area contributed by atoms with Crippen LogP contribution in [0.1, 0.15) is 23.1 Å². The van der Waals surface area contributed by atoms with Crippen LogP contribution in [0.3, 0.4) is 0 Å². The summed E-state index contributed by atoms with van der Waals surface area (Å²) in [5.41, 5.74) is -0.372. The highest BCUT2D eigenvalue weighted by Gasteiger charge is 2.44. The smallest absolute Gasteiger partial charge is 0.416 e. The maximum Gasteiger partial charge on any atom is 0.416 e. The predicted octanol–water partition coefficient (Wildman–Crippen LogP) is 4.22. The molecule has 2 heterocycles. The number of hydrogen-bond acceptors (Lipinski definition) is 7. The van der Waals surface area contributed by atoms with Crippen LogP contribution in [0.2, 0.25) is 0 Å². The van der Waals surface area contributed by atoms with Gasteiger partial charge in [0.25, 0.3) is 0 Å². The zero-order chi connectivity index (χ0) is 33.8. The van der Waals surface area contributed by atoms with E-state index >= 15 is 0 Å². The van der Waals surface area contributed by atoms with Crippen molar-refractivity contribution in [3.63, 3.8) is 0 Å². The van der Waals surface area contributed by atoms with Crippen molar-refractivity contribution in [1.82, 2.24) is 14.9 Å². The number of carbonyl (C=O) groups is 2. The maximum absolute atomic E-state index is 13.8. The molecule has 3 aromatic rings. The summed E-state index contributed by atoms with van der Waals surface area (Å²) in [6, 6.07) is 16.7. The Morgan fingerprint density at radius 3 is 2.17 bits per heavy atom. The van der Waals surface area contributed by atoms with E-state index in [1.165, 1.54) is 0 Å². The normalized spacial score (nSPS) is 18.9. The molecular weight excluding hydrogens is 643 g/mol. The van der Waals surface area contributed by atoms with Crippen molar-refractivity contribution in [1.29, 1.82) is 0 Å². The fraction of sp³-hybridized carbons (Fsp3) is 0.375. The van der Waals surface area contributed by atoms with Crippen molar-refractivity contribution in [2.75, 3.05) is 46.6 Å². The number of para-hydroxylation sites is 2. The van der Waals surface area contributed by atoms with E-state index in [0.29, 0.717) is 30.2 Å². The van der Waals surface area contributed by atoms with Crippen LogP contribution in [0.15, 0.2) is 77.7 Å². The van der Waals surface area contributed by atoms with E-state index in [-0.39, 0.29) is 39.3 Å². The number of carbonyl (C=O) groups excluding carboxylic acids is 1. The highest BCUT2D eigenvalue weighted by atomic mass is 32.2. The number of halogens is 3. The standard InChI is InChI=1S/C32H34F3N3O8S/c1-44-14-15-45-20-31(25-6-2-4-8-27(25)46-28-9-5-3-7-26(28)31)19-36-29(39)21-16-23(18-38(17-21)30(40)41)37-47(42,43)24-12-10-22(11-13-24)32(33,34)35/h2-13,21,23,37H,14-20H2,1H3,(H,36,39)(H,40,41)/t21-,23+/m0/s1. The van der Waals surface area contributed by atoms with Crippen LogP contribution in [0.4, 0.5) is 18.0 Å². The minimum Gasteiger partial charge on any atom is -0.465 e. The number of likely N-dealkylation sites (tertiary alicyclic amines) is 1. The number of sulfonamides is 1. The second-order valence-electron chi connectivity index (χ2n) is 11.4. The maximum atomic E-state index is 13.8. The van der Waals surface area contributed by atoms with E-state index < -0.39 is 56.0 Å². The fourth-order valence-electron chi connectivity index (χ4n) is 5.97. The Hall–Kier alpha value is -4.18. The molecule has 0 spiro atoms. The number of piperidine rings is 1. The fourth-order valence-corrected chi connectivity index (χ4v) is 7.21. The van der Waals surface area contributed by atoms with E-state index in [1.807, 2.05) is 48.5 Å². The van der Waals surface area contributed by atoms with Gasteiger partial charge < -0.3 is 29.5 Å². The van der Waals surface area contributed by atoms with Crippen molar-refractivity contribution in [2.45, 2.75) is 28.9 Å². The third-order valence-electron chi connectivity index (χ3n) is 8.28. The van der Waals surface area contributed by atoms with Gasteiger partial charge in [-0.15, -0.1) is 0 Å². The summed E-state index contributed by atoms with van der Waals surface area (Å²) in [6.07, 6.45) is -6.05. The lowest BCUT2D eigenvalue weighted by Crippen LogP contribution is -2.56. The molecule has 2 aliphatic rings. The van der Waals surface area contributed by atoms with Crippen LogP contribution in [0.5, 0.6) is 11.5 Å². The SMILES string of the molecule is COCCOCC1(CNC(=O)[C@H]2C[C@@H](NS(=O)(=O)c3ccc(C(F)(F)F)cc3)CN(C(=O)O)C2)c2ccccc2Oc2ccccc21. The quantitative estimate of drug-likeness (QED) is 0.256. The van der Waals surface area contributed by atoms with Gasteiger partial charge in [-0.2, -0.15) is 13.2 Å². The number of ether oxygens (including phenoxy) is 3. The van der Waals surface area contributed by atoms with Gasteiger partial charge in [-0.3, -0.25) is 4.79 Å². The zero-order valence-electron chi connectivity index (χ0n) is 25.3. The number of hydrogen-bond donors (Lipinski definition) is 3. The molecule has 0 aliphatic carbocycles. The van der Waals surface area contributed by atoms with Crippen molar-refractivity contribution in [2.24, 2.45) is 5.92 Å². The molecule has 2 aliphatic heterocycles. The Morgan fingerprint density at radius 1 is 0.979 bits per heavy atom. The third-order valence-corrected chi connectivity index (χ3v) is 9.81. The van der Waals surface area contributed by atoms with Crippen LogP contribution < -0.4 is 14.8 Å². The number of nitrogens with one attached hydrogen (secondary N) is 2. The van der Waals surface area contributed by atoms with Gasteiger partial charge in [0.2, 0.25) is 15.9 Å². The number of nitrogens with zero attached hydrogens (tertiary/aromatic N) is 1. The Morgan fingerprint density at radius 2 is 1.60 bits per heavy atom. The van der Waals surface area contributed by atoms with Gasteiger partial charge in [-0.05, 0) is 42.8 Å². The largest absolute Gasteiger partial charge is 0.465 e. The van der Waals surface area contributed by atoms with Crippen LogP contribution in [0, 0.1) is 5.92 Å². The molecule has 0 bridgehead atoms. The molecule has 0 radical (unpaired) electrons. The minimum absolute atomic E-state index is 0.0434. The Bertz CT molecular complexity index is 1660. The molecule has 1 saturated heterocycles. The zero-order valence-corrected chi connectivity index (χ0v) is 26.1. The molecule has 5 rings (SSSR count). The Kier molecular flexibility index (Phi) is 10.1. The Balaban J connectivity index is 1.37. The highest BCUT2D eigenvalue weighted by molar-refractivity contribution is 7.89. The van der Waals surface area contributed by atoms with E-state index in [2.05, 4.69) is 10.0 Å². The molecule has 2 amide bonds. The van der Waals surface area contributed by atoms with E-state index in [1.54, 1.807) is 7.11 Å². The molecule has 3 aromatic carbocycles. The molecule has 0 unspecified atom stereocenters. The summed E-state index contributed by atoms with van der Waals surface area (Å²) in [4.78, 5) is 26.3. The first-order chi connectivity index (χ1) is 22.3. The first-order valence-electron chi connectivity index (χ1n) is 14.7. The topological polar surface area (TPSA) is 143 Å². The highest BCUT2D eigenvalue weighted by Crippen LogP contribution is 2.48. The summed E-state index contributed by atoms with van der Waals surface area (Å²) in [5, 5.41) is 12.8. The van der Waals surface area contributed by atoms with Gasteiger partial charge in [0.1, 0.15) is 11.5 Å². The lowest BCUT2D eigenvalue weighted by Gasteiger charge is -2.41.